The van der Waals surface area contributed by atoms with Gasteiger partial charge in [-0.2, -0.15) is 0 Å². The van der Waals surface area contributed by atoms with Gasteiger partial charge in [-0.3, -0.25) is 4.99 Å². The van der Waals surface area contributed by atoms with E-state index in [9.17, 15) is 4.79 Å². The van der Waals surface area contributed by atoms with Gasteiger partial charge in [0.2, 0.25) is 0 Å². The molecule has 1 aromatic carbocycles. The number of hydrogen-bond donors (Lipinski definition) is 1. The summed E-state index contributed by atoms with van der Waals surface area (Å²) < 4.78 is 10.7. The summed E-state index contributed by atoms with van der Waals surface area (Å²) >= 11 is 0. The highest BCUT2D eigenvalue weighted by atomic mass is 16.6. The van der Waals surface area contributed by atoms with Crippen LogP contribution in [0.1, 0.15) is 25.5 Å². The van der Waals surface area contributed by atoms with E-state index in [-0.39, 0.29) is 12.2 Å². The molecule has 1 aliphatic heterocycles. The van der Waals surface area contributed by atoms with E-state index in [1.165, 1.54) is 0 Å². The molecule has 0 radical (unpaired) electrons. The van der Waals surface area contributed by atoms with Crippen LogP contribution in [0.5, 0.6) is 0 Å². The summed E-state index contributed by atoms with van der Waals surface area (Å²) in [5, 5.41) is 3.34. The first-order valence-electron chi connectivity index (χ1n) is 9.22. The maximum absolute atomic E-state index is 11.8. The minimum Gasteiger partial charge on any atom is -0.450 e. The van der Waals surface area contributed by atoms with Crippen LogP contribution >= 0.6 is 0 Å². The van der Waals surface area contributed by atoms with Crippen LogP contribution < -0.4 is 5.32 Å². The van der Waals surface area contributed by atoms with Gasteiger partial charge in [0.1, 0.15) is 6.10 Å². The summed E-state index contributed by atoms with van der Waals surface area (Å²) in [5.74, 6) is 0.856. The predicted molar refractivity (Wildman–Crippen MR) is 102 cm³/mol. The van der Waals surface area contributed by atoms with Crippen molar-refractivity contribution < 1.29 is 14.3 Å². The maximum Gasteiger partial charge on any atom is 0.409 e. The lowest BCUT2D eigenvalue weighted by Gasteiger charge is -2.36. The van der Waals surface area contributed by atoms with Crippen molar-refractivity contribution in [2.24, 2.45) is 4.99 Å². The number of methoxy groups -OCH3 is 1. The number of benzene rings is 1. The van der Waals surface area contributed by atoms with Crippen molar-refractivity contribution >= 4 is 12.1 Å². The predicted octanol–water partition coefficient (Wildman–Crippen LogP) is 2.11. The Morgan fingerprint density at radius 1 is 1.15 bits per heavy atom. The molecule has 0 aliphatic carbocycles. The number of nitrogens with zero attached hydrogens (tertiary/aromatic N) is 3. The van der Waals surface area contributed by atoms with E-state index in [0.29, 0.717) is 26.2 Å². The van der Waals surface area contributed by atoms with Crippen molar-refractivity contribution in [3.05, 3.63) is 35.9 Å². The minimum absolute atomic E-state index is 0.0781. The van der Waals surface area contributed by atoms with Crippen LogP contribution in [-0.2, 0) is 9.47 Å². The highest BCUT2D eigenvalue weighted by Crippen LogP contribution is 2.16. The fourth-order valence-corrected chi connectivity index (χ4v) is 2.89. The number of aliphatic imine (C=N–C) groups is 1. The Morgan fingerprint density at radius 2 is 1.81 bits per heavy atom. The van der Waals surface area contributed by atoms with Gasteiger partial charge >= 0.3 is 6.09 Å². The summed E-state index contributed by atoms with van der Waals surface area (Å²) in [6.45, 7) is 8.34. The van der Waals surface area contributed by atoms with Crippen molar-refractivity contribution in [3.63, 3.8) is 0 Å². The van der Waals surface area contributed by atoms with Gasteiger partial charge < -0.3 is 24.6 Å². The van der Waals surface area contributed by atoms with Crippen molar-refractivity contribution in [3.8, 4) is 0 Å². The molecule has 1 heterocycles. The van der Waals surface area contributed by atoms with Gasteiger partial charge in [-0.1, -0.05) is 30.3 Å². The van der Waals surface area contributed by atoms with Crippen LogP contribution in [0.15, 0.2) is 35.3 Å². The number of hydrogen-bond acceptors (Lipinski definition) is 4. The van der Waals surface area contributed by atoms with Crippen LogP contribution in [0, 0.1) is 0 Å². The molecule has 7 heteroatoms. The van der Waals surface area contributed by atoms with Crippen LogP contribution in [0.2, 0.25) is 0 Å². The van der Waals surface area contributed by atoms with Gasteiger partial charge in [-0.25, -0.2) is 4.79 Å². The van der Waals surface area contributed by atoms with Crippen LogP contribution in [0.4, 0.5) is 4.79 Å². The van der Waals surface area contributed by atoms with E-state index in [2.05, 4.69) is 29.3 Å². The Balaban J connectivity index is 1.97. The average Bonchev–Trinajstić information content (AvgIpc) is 2.69. The summed E-state index contributed by atoms with van der Waals surface area (Å²) in [7, 11) is 1.71. The van der Waals surface area contributed by atoms with E-state index in [4.69, 9.17) is 14.5 Å². The summed E-state index contributed by atoms with van der Waals surface area (Å²) in [6.07, 6.45) is -0.316. The Morgan fingerprint density at radius 3 is 2.38 bits per heavy atom. The van der Waals surface area contributed by atoms with Crippen molar-refractivity contribution in [1.29, 1.82) is 0 Å². The number of guanidine groups is 1. The maximum atomic E-state index is 11.8. The molecule has 1 unspecified atom stereocenters. The van der Waals surface area contributed by atoms with Crippen molar-refractivity contribution in [2.45, 2.75) is 20.0 Å². The van der Waals surface area contributed by atoms with Gasteiger partial charge in [0, 0.05) is 39.8 Å². The van der Waals surface area contributed by atoms with E-state index in [1.54, 1.807) is 12.0 Å². The zero-order chi connectivity index (χ0) is 18.8. The Labute approximate surface area is 156 Å². The average molecular weight is 362 g/mol. The highest BCUT2D eigenvalue weighted by molar-refractivity contribution is 5.80. The second kappa shape index (κ2) is 10.7. The lowest BCUT2D eigenvalue weighted by molar-refractivity contribution is 0.0910. The van der Waals surface area contributed by atoms with Gasteiger partial charge in [0.15, 0.2) is 5.96 Å². The number of ether oxygens (including phenoxy) is 2. The topological polar surface area (TPSA) is 66.4 Å². The number of rotatable bonds is 6. The number of nitrogens with one attached hydrogen (secondary N) is 1. The molecule has 1 aliphatic rings. The normalized spacial score (nSPS) is 16.3. The van der Waals surface area contributed by atoms with Crippen LogP contribution in [0.25, 0.3) is 0 Å². The van der Waals surface area contributed by atoms with Crippen LogP contribution in [0.3, 0.4) is 0 Å². The van der Waals surface area contributed by atoms with E-state index >= 15 is 0 Å². The number of carbonyl (C=O) groups excluding carboxylic acids is 1. The zero-order valence-corrected chi connectivity index (χ0v) is 16.0. The molecule has 7 nitrogen and oxygen atoms in total. The van der Waals surface area contributed by atoms with Gasteiger partial charge in [-0.15, -0.1) is 0 Å². The van der Waals surface area contributed by atoms with Crippen molar-refractivity contribution in [1.82, 2.24) is 15.1 Å². The first-order chi connectivity index (χ1) is 12.7. The molecule has 1 N–H and O–H groups in total. The second-order valence-electron chi connectivity index (χ2n) is 6.00. The first-order valence-corrected chi connectivity index (χ1v) is 9.22. The monoisotopic (exact) mass is 362 g/mol. The standard InChI is InChI=1S/C19H30N4O3/c1-4-20-18(21-15-17(25-3)16-9-7-6-8-10-16)22-11-13-23(14-12-22)19(24)26-5-2/h6-10,17H,4-5,11-15H2,1-3H3,(H,20,21). The Bertz CT molecular complexity index is 571. The summed E-state index contributed by atoms with van der Waals surface area (Å²) in [4.78, 5) is 20.5. The summed E-state index contributed by atoms with van der Waals surface area (Å²) in [6, 6.07) is 10.1. The SMILES string of the molecule is CCNC(=NCC(OC)c1ccccc1)N1CCN(C(=O)OCC)CC1. The van der Waals surface area contributed by atoms with Crippen LogP contribution in [-0.4, -0.2) is 74.8 Å². The third-order valence-corrected chi connectivity index (χ3v) is 4.30. The lowest BCUT2D eigenvalue weighted by atomic mass is 10.1. The number of amides is 1. The minimum atomic E-state index is -0.238. The number of piperazine rings is 1. The fourth-order valence-electron chi connectivity index (χ4n) is 2.89. The van der Waals surface area contributed by atoms with E-state index in [0.717, 1.165) is 31.2 Å². The molecule has 1 atom stereocenters. The van der Waals surface area contributed by atoms with Crippen molar-refractivity contribution in [2.75, 3.05) is 53.0 Å². The Kier molecular flexibility index (Phi) is 8.21. The second-order valence-corrected chi connectivity index (χ2v) is 6.00. The zero-order valence-electron chi connectivity index (χ0n) is 16.0. The van der Waals surface area contributed by atoms with Gasteiger partial charge in [0.25, 0.3) is 0 Å². The quantitative estimate of drug-likeness (QED) is 0.620. The molecule has 26 heavy (non-hydrogen) atoms. The molecule has 0 aromatic heterocycles. The molecule has 2 rings (SSSR count). The third kappa shape index (κ3) is 5.62. The summed E-state index contributed by atoms with van der Waals surface area (Å²) in [5.41, 5.74) is 1.11. The molecule has 0 spiro atoms. The third-order valence-electron chi connectivity index (χ3n) is 4.30. The molecule has 1 fully saturated rings. The molecule has 1 amide bonds. The van der Waals surface area contributed by atoms with Gasteiger partial charge in [-0.05, 0) is 19.4 Å². The molecular formula is C19H30N4O3. The molecule has 0 saturated carbocycles. The molecule has 144 valence electrons. The Hall–Kier alpha value is -2.28. The molecule has 0 bridgehead atoms. The largest absolute Gasteiger partial charge is 0.450 e. The number of carbonyl (C=O) groups is 1. The molecule has 1 saturated heterocycles. The fraction of sp³-hybridized carbons (Fsp3) is 0.579. The molecule has 1 aromatic rings. The molecular weight excluding hydrogens is 332 g/mol. The van der Waals surface area contributed by atoms with E-state index in [1.807, 2.05) is 25.1 Å². The van der Waals surface area contributed by atoms with Gasteiger partial charge in [0.05, 0.1) is 13.2 Å². The lowest BCUT2D eigenvalue weighted by Crippen LogP contribution is -2.54. The smallest absolute Gasteiger partial charge is 0.409 e. The van der Waals surface area contributed by atoms with E-state index < -0.39 is 0 Å². The highest BCUT2D eigenvalue weighted by Gasteiger charge is 2.24. The first kappa shape index (κ1) is 20.0.